The van der Waals surface area contributed by atoms with Crippen molar-refractivity contribution in [1.82, 2.24) is 14.8 Å². The second-order valence-electron chi connectivity index (χ2n) is 5.15. The number of hydrogen-bond donors (Lipinski definition) is 1. The topological polar surface area (TPSA) is 42.8 Å². The zero-order valence-corrected chi connectivity index (χ0v) is 10.3. The van der Waals surface area contributed by atoms with Gasteiger partial charge in [0, 0.05) is 12.5 Å². The lowest BCUT2D eigenvalue weighted by molar-refractivity contribution is 0.00528. The van der Waals surface area contributed by atoms with E-state index in [2.05, 4.69) is 21.7 Å². The molecule has 2 aliphatic rings. The Balaban J connectivity index is 1.87. The molecule has 5 heteroatoms. The summed E-state index contributed by atoms with van der Waals surface area (Å²) in [6, 6.07) is 0. The molecule has 1 aliphatic heterocycles. The van der Waals surface area contributed by atoms with Crippen molar-refractivity contribution in [3.8, 4) is 0 Å². The molecule has 1 aromatic heterocycles. The second kappa shape index (κ2) is 3.67. The Morgan fingerprint density at radius 3 is 3.06 bits per heavy atom. The zero-order chi connectivity index (χ0) is 11.2. The van der Waals surface area contributed by atoms with E-state index in [0.29, 0.717) is 5.92 Å². The molecule has 1 saturated carbocycles. The summed E-state index contributed by atoms with van der Waals surface area (Å²) in [4.78, 5) is 0. The Kier molecular flexibility index (Phi) is 2.40. The third-order valence-electron chi connectivity index (χ3n) is 3.52. The second-order valence-corrected chi connectivity index (χ2v) is 5.54. The summed E-state index contributed by atoms with van der Waals surface area (Å²) in [7, 11) is 0. The van der Waals surface area contributed by atoms with Crippen molar-refractivity contribution in [2.24, 2.45) is 0 Å². The van der Waals surface area contributed by atoms with Crippen LogP contribution in [-0.4, -0.2) is 27.0 Å². The number of hydrogen-bond acceptors (Lipinski definition) is 3. The van der Waals surface area contributed by atoms with E-state index in [1.54, 1.807) is 0 Å². The summed E-state index contributed by atoms with van der Waals surface area (Å²) in [6.07, 6.45) is 4.76. The van der Waals surface area contributed by atoms with Crippen molar-refractivity contribution in [3.05, 3.63) is 10.6 Å². The molecule has 0 bridgehead atoms. The molecule has 1 saturated heterocycles. The molecule has 3 rings (SSSR count). The van der Waals surface area contributed by atoms with Crippen LogP contribution in [-0.2, 0) is 11.3 Å². The summed E-state index contributed by atoms with van der Waals surface area (Å²) in [5.74, 6) is 1.75. The molecule has 2 fully saturated rings. The third kappa shape index (κ3) is 1.82. The van der Waals surface area contributed by atoms with Gasteiger partial charge in [-0.3, -0.25) is 5.10 Å². The minimum atomic E-state index is -0.0499. The largest absolute Gasteiger partial charge is 0.373 e. The fraction of sp³-hybridized carbons (Fsp3) is 0.818. The Morgan fingerprint density at radius 2 is 2.44 bits per heavy atom. The van der Waals surface area contributed by atoms with Gasteiger partial charge in [-0.05, 0) is 44.8 Å². The van der Waals surface area contributed by atoms with Crippen LogP contribution in [0.4, 0.5) is 0 Å². The molecule has 1 aromatic rings. The van der Waals surface area contributed by atoms with Gasteiger partial charge in [0.2, 0.25) is 0 Å². The average molecular weight is 239 g/mol. The van der Waals surface area contributed by atoms with Crippen LogP contribution >= 0.6 is 12.2 Å². The van der Waals surface area contributed by atoms with Gasteiger partial charge in [0.1, 0.15) is 5.82 Å². The molecule has 1 N–H and O–H groups in total. The highest BCUT2D eigenvalue weighted by molar-refractivity contribution is 7.71. The Hall–Kier alpha value is -0.680. The van der Waals surface area contributed by atoms with Gasteiger partial charge in [0.25, 0.3) is 0 Å². The van der Waals surface area contributed by atoms with E-state index in [0.717, 1.165) is 36.6 Å². The third-order valence-corrected chi connectivity index (χ3v) is 3.84. The van der Waals surface area contributed by atoms with Crippen LogP contribution in [0.25, 0.3) is 0 Å². The fourth-order valence-corrected chi connectivity index (χ4v) is 2.64. The van der Waals surface area contributed by atoms with Crippen LogP contribution in [0.3, 0.4) is 0 Å². The highest BCUT2D eigenvalue weighted by atomic mass is 32.1. The van der Waals surface area contributed by atoms with Gasteiger partial charge in [0.05, 0.1) is 12.1 Å². The maximum atomic E-state index is 5.82. The summed E-state index contributed by atoms with van der Waals surface area (Å²) in [5, 5.41) is 7.25. The normalized spacial score (nSPS) is 29.8. The standard InChI is InChI=1S/C11H17N3OS/c1-11(5-2-6-15-11)7-14-9(8-3-4-8)12-13-10(14)16/h8H,2-7H2,1H3,(H,13,16). The van der Waals surface area contributed by atoms with Crippen molar-refractivity contribution in [2.45, 2.75) is 50.7 Å². The van der Waals surface area contributed by atoms with Crippen molar-refractivity contribution in [1.29, 1.82) is 0 Å². The maximum absolute atomic E-state index is 5.82. The van der Waals surface area contributed by atoms with E-state index in [4.69, 9.17) is 17.0 Å². The predicted molar refractivity (Wildman–Crippen MR) is 63.0 cm³/mol. The first-order valence-electron chi connectivity index (χ1n) is 5.97. The van der Waals surface area contributed by atoms with Crippen molar-refractivity contribution in [3.63, 3.8) is 0 Å². The summed E-state index contributed by atoms with van der Waals surface area (Å²) >= 11 is 5.29. The molecule has 1 atom stereocenters. The number of nitrogens with zero attached hydrogens (tertiary/aromatic N) is 2. The molecule has 1 unspecified atom stereocenters. The van der Waals surface area contributed by atoms with Gasteiger partial charge in [-0.15, -0.1) is 0 Å². The summed E-state index contributed by atoms with van der Waals surface area (Å²) < 4.78 is 8.69. The number of nitrogens with one attached hydrogen (secondary N) is 1. The number of H-pyrrole nitrogens is 1. The van der Waals surface area contributed by atoms with Gasteiger partial charge in [-0.25, -0.2) is 0 Å². The van der Waals surface area contributed by atoms with Gasteiger partial charge in [-0.2, -0.15) is 5.10 Å². The van der Waals surface area contributed by atoms with E-state index in [9.17, 15) is 0 Å². The maximum Gasteiger partial charge on any atom is 0.195 e. The number of aromatic nitrogens is 3. The molecule has 16 heavy (non-hydrogen) atoms. The average Bonchev–Trinajstić information content (AvgIpc) is 2.92. The minimum absolute atomic E-state index is 0.0499. The molecule has 88 valence electrons. The van der Waals surface area contributed by atoms with Crippen molar-refractivity contribution >= 4 is 12.2 Å². The highest BCUT2D eigenvalue weighted by Crippen LogP contribution is 2.39. The highest BCUT2D eigenvalue weighted by Gasteiger charge is 2.34. The molecule has 0 amide bonds. The first-order chi connectivity index (χ1) is 7.68. The molecular formula is C11H17N3OS. The lowest BCUT2D eigenvalue weighted by atomic mass is 10.0. The fourth-order valence-electron chi connectivity index (χ4n) is 2.43. The lowest BCUT2D eigenvalue weighted by Gasteiger charge is -2.24. The van der Waals surface area contributed by atoms with E-state index in [1.807, 2.05) is 0 Å². The Bertz CT molecular complexity index is 440. The van der Waals surface area contributed by atoms with Crippen LogP contribution in [0.2, 0.25) is 0 Å². The van der Waals surface area contributed by atoms with E-state index in [1.165, 1.54) is 12.8 Å². The van der Waals surface area contributed by atoms with Crippen LogP contribution in [0.15, 0.2) is 0 Å². The molecule has 0 spiro atoms. The Labute approximate surface area is 100 Å². The van der Waals surface area contributed by atoms with Crippen LogP contribution in [0.1, 0.15) is 44.3 Å². The van der Waals surface area contributed by atoms with Crippen LogP contribution in [0, 0.1) is 4.77 Å². The monoisotopic (exact) mass is 239 g/mol. The van der Waals surface area contributed by atoms with E-state index < -0.39 is 0 Å². The molecule has 1 aliphatic carbocycles. The smallest absolute Gasteiger partial charge is 0.195 e. The first-order valence-corrected chi connectivity index (χ1v) is 6.38. The van der Waals surface area contributed by atoms with Gasteiger partial charge < -0.3 is 9.30 Å². The SMILES string of the molecule is CC1(Cn2c(C3CC3)n[nH]c2=S)CCCO1. The molecule has 0 aromatic carbocycles. The van der Waals surface area contributed by atoms with Gasteiger partial charge in [0.15, 0.2) is 4.77 Å². The van der Waals surface area contributed by atoms with Gasteiger partial charge in [-0.1, -0.05) is 0 Å². The zero-order valence-electron chi connectivity index (χ0n) is 9.53. The molecular weight excluding hydrogens is 222 g/mol. The molecule has 2 heterocycles. The lowest BCUT2D eigenvalue weighted by Crippen LogP contribution is -2.30. The van der Waals surface area contributed by atoms with E-state index in [-0.39, 0.29) is 5.60 Å². The summed E-state index contributed by atoms with van der Waals surface area (Å²) in [6.45, 7) is 3.89. The van der Waals surface area contributed by atoms with Crippen molar-refractivity contribution in [2.75, 3.05) is 6.61 Å². The van der Waals surface area contributed by atoms with E-state index >= 15 is 0 Å². The van der Waals surface area contributed by atoms with Crippen LogP contribution < -0.4 is 0 Å². The number of aromatic amines is 1. The predicted octanol–water partition coefficient (Wildman–Crippen LogP) is 2.39. The quantitative estimate of drug-likeness (QED) is 0.824. The molecule has 4 nitrogen and oxygen atoms in total. The van der Waals surface area contributed by atoms with Gasteiger partial charge >= 0.3 is 0 Å². The van der Waals surface area contributed by atoms with Crippen molar-refractivity contribution < 1.29 is 4.74 Å². The van der Waals surface area contributed by atoms with Crippen LogP contribution in [0.5, 0.6) is 0 Å². The minimum Gasteiger partial charge on any atom is -0.373 e. The first kappa shape index (κ1) is 10.5. The number of ether oxygens (including phenoxy) is 1. The summed E-state index contributed by atoms with van der Waals surface area (Å²) in [5.41, 5.74) is -0.0499. The molecule has 0 radical (unpaired) electrons. The Morgan fingerprint density at radius 1 is 1.62 bits per heavy atom. The number of rotatable bonds is 3.